The van der Waals surface area contributed by atoms with Gasteiger partial charge in [0.2, 0.25) is 0 Å². The Balaban J connectivity index is 1.67. The van der Waals surface area contributed by atoms with Crippen LogP contribution >= 0.6 is 0 Å². The van der Waals surface area contributed by atoms with Crippen molar-refractivity contribution in [1.29, 1.82) is 0 Å². The van der Waals surface area contributed by atoms with E-state index in [1.54, 1.807) is 7.11 Å². The predicted molar refractivity (Wildman–Crippen MR) is 70.8 cm³/mol. The Hall–Kier alpha value is -1.97. The summed E-state index contributed by atoms with van der Waals surface area (Å²) in [4.78, 5) is 4.23. The molecule has 4 nitrogen and oxygen atoms in total. The first-order valence-corrected chi connectivity index (χ1v) is 6.25. The number of nitrogens with one attached hydrogen (secondary N) is 1. The second kappa shape index (κ2) is 4.72. The first kappa shape index (κ1) is 11.1. The molecular formula is C14H17N3O. The summed E-state index contributed by atoms with van der Waals surface area (Å²) in [5.74, 6) is 0.871. The zero-order chi connectivity index (χ0) is 12.4. The zero-order valence-corrected chi connectivity index (χ0v) is 10.5. The van der Waals surface area contributed by atoms with Crippen LogP contribution in [-0.2, 0) is 6.54 Å². The molecule has 94 valence electrons. The molecule has 3 rings (SSSR count). The minimum absolute atomic E-state index is 0.676. The number of hydrogen-bond acceptors (Lipinski definition) is 3. The number of hydrogen-bond donors (Lipinski definition) is 1. The second-order valence-electron chi connectivity index (χ2n) is 4.61. The molecule has 0 radical (unpaired) electrons. The van der Waals surface area contributed by atoms with E-state index in [0.717, 1.165) is 18.0 Å². The first-order valence-electron chi connectivity index (χ1n) is 6.25. The van der Waals surface area contributed by atoms with E-state index in [1.165, 1.54) is 18.5 Å². The highest BCUT2D eigenvalue weighted by Crippen LogP contribution is 2.35. The summed E-state index contributed by atoms with van der Waals surface area (Å²) in [5, 5.41) is 3.40. The Bertz CT molecular complexity index is 531. The van der Waals surface area contributed by atoms with Crippen molar-refractivity contribution >= 4 is 5.69 Å². The van der Waals surface area contributed by atoms with Crippen LogP contribution in [0.2, 0.25) is 0 Å². The number of aromatic nitrogens is 2. The average Bonchev–Trinajstić information content (AvgIpc) is 3.15. The largest absolute Gasteiger partial charge is 0.497 e. The third-order valence-corrected chi connectivity index (χ3v) is 3.23. The molecule has 0 aliphatic heterocycles. The van der Waals surface area contributed by atoms with E-state index < -0.39 is 0 Å². The molecule has 2 aromatic rings. The van der Waals surface area contributed by atoms with Crippen molar-refractivity contribution in [2.24, 2.45) is 0 Å². The molecule has 0 saturated heterocycles. The van der Waals surface area contributed by atoms with E-state index in [9.17, 15) is 0 Å². The molecular weight excluding hydrogens is 226 g/mol. The Morgan fingerprint density at radius 3 is 3.11 bits per heavy atom. The highest BCUT2D eigenvalue weighted by Gasteiger charge is 2.24. The SMILES string of the molecule is COc1cccc(NCc2cncn2C2CC2)c1. The normalized spacial score (nSPS) is 14.5. The smallest absolute Gasteiger partial charge is 0.120 e. The van der Waals surface area contributed by atoms with Crippen LogP contribution in [0.3, 0.4) is 0 Å². The Morgan fingerprint density at radius 2 is 2.33 bits per heavy atom. The first-order chi connectivity index (χ1) is 8.86. The van der Waals surface area contributed by atoms with Gasteiger partial charge in [-0.05, 0) is 25.0 Å². The van der Waals surface area contributed by atoms with E-state index in [-0.39, 0.29) is 0 Å². The van der Waals surface area contributed by atoms with Gasteiger partial charge in [-0.2, -0.15) is 0 Å². The van der Waals surface area contributed by atoms with Gasteiger partial charge in [-0.1, -0.05) is 6.07 Å². The van der Waals surface area contributed by atoms with Crippen LogP contribution in [-0.4, -0.2) is 16.7 Å². The molecule has 1 N–H and O–H groups in total. The maximum Gasteiger partial charge on any atom is 0.120 e. The van der Waals surface area contributed by atoms with Crippen LogP contribution in [0.5, 0.6) is 5.75 Å². The summed E-state index contributed by atoms with van der Waals surface area (Å²) < 4.78 is 7.48. The number of rotatable bonds is 5. The maximum absolute atomic E-state index is 5.21. The number of anilines is 1. The molecule has 0 atom stereocenters. The van der Waals surface area contributed by atoms with Gasteiger partial charge in [-0.25, -0.2) is 4.98 Å². The molecule has 1 saturated carbocycles. The summed E-state index contributed by atoms with van der Waals surface area (Å²) in [6, 6.07) is 8.64. The Labute approximate surface area is 107 Å². The lowest BCUT2D eigenvalue weighted by Gasteiger charge is -2.10. The van der Waals surface area contributed by atoms with Crippen molar-refractivity contribution < 1.29 is 4.74 Å². The summed E-state index contributed by atoms with van der Waals surface area (Å²) in [6.07, 6.45) is 6.43. The fraction of sp³-hybridized carbons (Fsp3) is 0.357. The molecule has 1 fully saturated rings. The molecule has 18 heavy (non-hydrogen) atoms. The second-order valence-corrected chi connectivity index (χ2v) is 4.61. The van der Waals surface area contributed by atoms with Gasteiger partial charge in [0.15, 0.2) is 0 Å². The third-order valence-electron chi connectivity index (χ3n) is 3.23. The van der Waals surface area contributed by atoms with Gasteiger partial charge in [0.1, 0.15) is 5.75 Å². The Kier molecular flexibility index (Phi) is 2.92. The minimum atomic E-state index is 0.676. The topological polar surface area (TPSA) is 39.1 Å². The highest BCUT2D eigenvalue weighted by atomic mass is 16.5. The molecule has 1 aromatic heterocycles. The standard InChI is InChI=1S/C14H17N3O/c1-18-14-4-2-3-11(7-14)16-9-13-8-15-10-17(13)12-5-6-12/h2-4,7-8,10,12,16H,5-6,9H2,1H3. The quantitative estimate of drug-likeness (QED) is 0.877. The lowest BCUT2D eigenvalue weighted by molar-refractivity contribution is 0.415. The van der Waals surface area contributed by atoms with E-state index in [1.807, 2.05) is 36.8 Å². The van der Waals surface area contributed by atoms with Crippen molar-refractivity contribution in [3.8, 4) is 5.75 Å². The summed E-state index contributed by atoms with van der Waals surface area (Å²) in [6.45, 7) is 0.795. The lowest BCUT2D eigenvalue weighted by Crippen LogP contribution is -2.05. The fourth-order valence-corrected chi connectivity index (χ4v) is 2.08. The van der Waals surface area contributed by atoms with Gasteiger partial charge in [0.05, 0.1) is 25.7 Å². The molecule has 1 aliphatic rings. The number of methoxy groups -OCH3 is 1. The molecule has 4 heteroatoms. The fourth-order valence-electron chi connectivity index (χ4n) is 2.08. The molecule has 1 aromatic carbocycles. The van der Waals surface area contributed by atoms with Crippen LogP contribution in [0.4, 0.5) is 5.69 Å². The van der Waals surface area contributed by atoms with Gasteiger partial charge in [-0.3, -0.25) is 0 Å². The molecule has 0 amide bonds. The zero-order valence-electron chi connectivity index (χ0n) is 10.5. The van der Waals surface area contributed by atoms with Crippen LogP contribution in [0, 0.1) is 0 Å². The average molecular weight is 243 g/mol. The third kappa shape index (κ3) is 2.32. The monoisotopic (exact) mass is 243 g/mol. The summed E-state index contributed by atoms with van der Waals surface area (Å²) in [7, 11) is 1.68. The maximum atomic E-state index is 5.21. The molecule has 0 spiro atoms. The van der Waals surface area contributed by atoms with Gasteiger partial charge in [0, 0.05) is 24.0 Å². The van der Waals surface area contributed by atoms with Crippen LogP contribution in [0.1, 0.15) is 24.6 Å². The van der Waals surface area contributed by atoms with Gasteiger partial charge >= 0.3 is 0 Å². The van der Waals surface area contributed by atoms with Gasteiger partial charge in [0.25, 0.3) is 0 Å². The highest BCUT2D eigenvalue weighted by molar-refractivity contribution is 5.48. The van der Waals surface area contributed by atoms with Crippen LogP contribution in [0.15, 0.2) is 36.8 Å². The van der Waals surface area contributed by atoms with Gasteiger partial charge < -0.3 is 14.6 Å². The molecule has 0 bridgehead atoms. The van der Waals surface area contributed by atoms with E-state index in [4.69, 9.17) is 4.74 Å². The summed E-state index contributed by atoms with van der Waals surface area (Å²) >= 11 is 0. The van der Waals surface area contributed by atoms with E-state index in [0.29, 0.717) is 6.04 Å². The van der Waals surface area contributed by atoms with E-state index in [2.05, 4.69) is 14.9 Å². The van der Waals surface area contributed by atoms with Crippen molar-refractivity contribution in [1.82, 2.24) is 9.55 Å². The number of nitrogens with zero attached hydrogens (tertiary/aromatic N) is 2. The summed E-state index contributed by atoms with van der Waals surface area (Å²) in [5.41, 5.74) is 2.30. The molecule has 0 unspecified atom stereocenters. The van der Waals surface area contributed by atoms with Crippen molar-refractivity contribution in [2.45, 2.75) is 25.4 Å². The van der Waals surface area contributed by atoms with Crippen LogP contribution < -0.4 is 10.1 Å². The predicted octanol–water partition coefficient (Wildman–Crippen LogP) is 2.84. The van der Waals surface area contributed by atoms with Crippen LogP contribution in [0.25, 0.3) is 0 Å². The van der Waals surface area contributed by atoms with Gasteiger partial charge in [-0.15, -0.1) is 0 Å². The number of ether oxygens (including phenoxy) is 1. The molecule has 1 heterocycles. The number of imidazole rings is 1. The van der Waals surface area contributed by atoms with Crippen molar-refractivity contribution in [3.63, 3.8) is 0 Å². The van der Waals surface area contributed by atoms with Crippen molar-refractivity contribution in [2.75, 3.05) is 12.4 Å². The Morgan fingerprint density at radius 1 is 1.44 bits per heavy atom. The molecule has 1 aliphatic carbocycles. The minimum Gasteiger partial charge on any atom is -0.497 e. The van der Waals surface area contributed by atoms with Crippen molar-refractivity contribution in [3.05, 3.63) is 42.5 Å². The van der Waals surface area contributed by atoms with E-state index >= 15 is 0 Å². The number of benzene rings is 1. The lowest BCUT2D eigenvalue weighted by atomic mass is 10.3.